The summed E-state index contributed by atoms with van der Waals surface area (Å²) < 4.78 is 9.94. The monoisotopic (exact) mass is 415 g/mol. The second-order valence-corrected chi connectivity index (χ2v) is 7.14. The quantitative estimate of drug-likeness (QED) is 0.382. The van der Waals surface area contributed by atoms with Crippen molar-refractivity contribution in [3.05, 3.63) is 54.1 Å². The number of benzene rings is 2. The lowest BCUT2D eigenvalue weighted by atomic mass is 10.1. The van der Waals surface area contributed by atoms with Gasteiger partial charge in [0.2, 0.25) is 0 Å². The number of carbonyl (C=O) groups is 1. The number of thiocarbonyl (C=S) groups is 1. The summed E-state index contributed by atoms with van der Waals surface area (Å²) in [6.07, 6.45) is 1.02. The molecular weight excluding hydrogens is 386 g/mol. The fourth-order valence-corrected chi connectivity index (χ4v) is 3.02. The summed E-state index contributed by atoms with van der Waals surface area (Å²) in [7, 11) is 7.08. The SMILES string of the molecule is COC(=O)CCCNC(=S)N(Cc1ccc(N(C)C)cc1)c1ccc(OC)cc1. The number of nitrogens with one attached hydrogen (secondary N) is 1. The van der Waals surface area contributed by atoms with E-state index in [4.69, 9.17) is 17.0 Å². The third kappa shape index (κ3) is 6.94. The molecule has 1 N–H and O–H groups in total. The van der Waals surface area contributed by atoms with E-state index in [-0.39, 0.29) is 5.97 Å². The molecule has 0 aliphatic heterocycles. The molecule has 2 rings (SSSR count). The molecule has 0 saturated carbocycles. The van der Waals surface area contributed by atoms with Gasteiger partial charge < -0.3 is 24.6 Å². The number of nitrogens with zero attached hydrogens (tertiary/aromatic N) is 2. The Hall–Kier alpha value is -2.80. The number of anilines is 2. The molecular formula is C22H29N3O3S. The molecule has 0 aromatic heterocycles. The van der Waals surface area contributed by atoms with Crippen molar-refractivity contribution in [1.29, 1.82) is 0 Å². The van der Waals surface area contributed by atoms with Gasteiger partial charge in [-0.25, -0.2) is 0 Å². The number of esters is 1. The average molecular weight is 416 g/mol. The zero-order valence-corrected chi connectivity index (χ0v) is 18.3. The average Bonchev–Trinajstić information content (AvgIpc) is 2.75. The molecule has 0 unspecified atom stereocenters. The standard InChI is InChI=1S/C22H29N3O3S/c1-24(2)18-9-7-17(8-10-18)16-25(19-11-13-20(27-3)14-12-19)22(29)23-15-5-6-21(26)28-4/h7-14H,5-6,15-16H2,1-4H3,(H,23,29). The minimum absolute atomic E-state index is 0.217. The van der Waals surface area contributed by atoms with Crippen molar-refractivity contribution < 1.29 is 14.3 Å². The van der Waals surface area contributed by atoms with Crippen LogP contribution in [0.2, 0.25) is 0 Å². The highest BCUT2D eigenvalue weighted by Crippen LogP contribution is 2.22. The van der Waals surface area contributed by atoms with E-state index in [1.54, 1.807) is 7.11 Å². The first-order valence-corrected chi connectivity index (χ1v) is 9.88. The fourth-order valence-electron chi connectivity index (χ4n) is 2.75. The lowest BCUT2D eigenvalue weighted by Gasteiger charge is -2.26. The summed E-state index contributed by atoms with van der Waals surface area (Å²) in [6, 6.07) is 16.2. The summed E-state index contributed by atoms with van der Waals surface area (Å²) in [5.74, 6) is 0.576. The number of hydrogen-bond acceptors (Lipinski definition) is 5. The predicted octanol–water partition coefficient (Wildman–Crippen LogP) is 3.60. The number of methoxy groups -OCH3 is 2. The molecule has 0 amide bonds. The van der Waals surface area contributed by atoms with Gasteiger partial charge in [-0.3, -0.25) is 4.79 Å². The van der Waals surface area contributed by atoms with Crippen molar-refractivity contribution in [3.63, 3.8) is 0 Å². The van der Waals surface area contributed by atoms with Crippen LogP contribution in [0.15, 0.2) is 48.5 Å². The van der Waals surface area contributed by atoms with Crippen molar-refractivity contribution in [2.45, 2.75) is 19.4 Å². The van der Waals surface area contributed by atoms with Crippen molar-refractivity contribution in [2.24, 2.45) is 0 Å². The molecule has 156 valence electrons. The summed E-state index contributed by atoms with van der Waals surface area (Å²) in [5.41, 5.74) is 3.26. The molecule has 0 bridgehead atoms. The van der Waals surface area contributed by atoms with Gasteiger partial charge in [-0.2, -0.15) is 0 Å². The molecule has 2 aromatic rings. The Kier molecular flexibility index (Phi) is 8.73. The van der Waals surface area contributed by atoms with Crippen molar-refractivity contribution in [2.75, 3.05) is 44.7 Å². The van der Waals surface area contributed by atoms with Gasteiger partial charge in [-0.1, -0.05) is 12.1 Å². The van der Waals surface area contributed by atoms with Crippen LogP contribution in [0.4, 0.5) is 11.4 Å². The van der Waals surface area contributed by atoms with Gasteiger partial charge in [0.1, 0.15) is 5.75 Å². The fraction of sp³-hybridized carbons (Fsp3) is 0.364. The molecule has 0 fully saturated rings. The van der Waals surface area contributed by atoms with Crippen LogP contribution in [-0.2, 0) is 16.1 Å². The molecule has 0 aliphatic carbocycles. The first-order valence-electron chi connectivity index (χ1n) is 9.47. The zero-order chi connectivity index (χ0) is 21.2. The Balaban J connectivity index is 2.11. The van der Waals surface area contributed by atoms with Crippen LogP contribution < -0.4 is 19.9 Å². The largest absolute Gasteiger partial charge is 0.497 e. The van der Waals surface area contributed by atoms with Gasteiger partial charge in [0.15, 0.2) is 5.11 Å². The van der Waals surface area contributed by atoms with Crippen molar-refractivity contribution >= 4 is 34.7 Å². The van der Waals surface area contributed by atoms with Gasteiger partial charge in [0, 0.05) is 38.4 Å². The minimum atomic E-state index is -0.217. The van der Waals surface area contributed by atoms with Crippen LogP contribution in [0, 0.1) is 0 Å². The smallest absolute Gasteiger partial charge is 0.305 e. The van der Waals surface area contributed by atoms with E-state index < -0.39 is 0 Å². The maximum absolute atomic E-state index is 11.3. The highest BCUT2D eigenvalue weighted by Gasteiger charge is 2.13. The summed E-state index contributed by atoms with van der Waals surface area (Å²) in [5, 5.41) is 3.86. The highest BCUT2D eigenvalue weighted by atomic mass is 32.1. The normalized spacial score (nSPS) is 10.2. The summed E-state index contributed by atoms with van der Waals surface area (Å²) in [4.78, 5) is 15.4. The highest BCUT2D eigenvalue weighted by molar-refractivity contribution is 7.80. The third-order valence-electron chi connectivity index (χ3n) is 4.48. The first kappa shape index (κ1) is 22.5. The number of carbonyl (C=O) groups excluding carboxylic acids is 1. The number of rotatable bonds is 9. The minimum Gasteiger partial charge on any atom is -0.497 e. The molecule has 29 heavy (non-hydrogen) atoms. The van der Waals surface area contributed by atoms with E-state index in [1.807, 2.05) is 43.3 Å². The lowest BCUT2D eigenvalue weighted by Crippen LogP contribution is -2.40. The predicted molar refractivity (Wildman–Crippen MR) is 122 cm³/mol. The van der Waals surface area contributed by atoms with E-state index in [0.717, 1.165) is 22.7 Å². The van der Waals surface area contributed by atoms with Crippen molar-refractivity contribution in [1.82, 2.24) is 5.32 Å². The Bertz CT molecular complexity index is 792. The lowest BCUT2D eigenvalue weighted by molar-refractivity contribution is -0.140. The van der Waals surface area contributed by atoms with Crippen LogP contribution in [0.1, 0.15) is 18.4 Å². The van der Waals surface area contributed by atoms with Crippen LogP contribution >= 0.6 is 12.2 Å². The van der Waals surface area contributed by atoms with E-state index in [0.29, 0.717) is 31.0 Å². The van der Waals surface area contributed by atoms with Gasteiger partial charge in [-0.05, 0) is 60.6 Å². The zero-order valence-electron chi connectivity index (χ0n) is 17.5. The Morgan fingerprint density at radius 1 is 1.00 bits per heavy atom. The topological polar surface area (TPSA) is 54.0 Å². The second kappa shape index (κ2) is 11.3. The number of hydrogen-bond donors (Lipinski definition) is 1. The first-order chi connectivity index (χ1) is 13.9. The van der Waals surface area contributed by atoms with Crippen LogP contribution in [-0.4, -0.2) is 45.9 Å². The summed E-state index contributed by atoms with van der Waals surface area (Å²) >= 11 is 5.65. The third-order valence-corrected chi connectivity index (χ3v) is 4.85. The van der Waals surface area contributed by atoms with E-state index >= 15 is 0 Å². The molecule has 0 saturated heterocycles. The molecule has 2 aromatic carbocycles. The molecule has 7 heteroatoms. The maximum atomic E-state index is 11.3. The molecule has 0 spiro atoms. The van der Waals surface area contributed by atoms with Crippen LogP contribution in [0.3, 0.4) is 0 Å². The van der Waals surface area contributed by atoms with Crippen molar-refractivity contribution in [3.8, 4) is 5.75 Å². The Morgan fingerprint density at radius 3 is 2.17 bits per heavy atom. The van der Waals surface area contributed by atoms with Gasteiger partial charge in [0.05, 0.1) is 20.8 Å². The Labute approximate surface area is 178 Å². The van der Waals surface area contributed by atoms with Gasteiger partial charge in [-0.15, -0.1) is 0 Å². The van der Waals surface area contributed by atoms with Crippen LogP contribution in [0.25, 0.3) is 0 Å². The maximum Gasteiger partial charge on any atom is 0.305 e. The number of ether oxygens (including phenoxy) is 2. The molecule has 0 radical (unpaired) electrons. The van der Waals surface area contributed by atoms with E-state index in [2.05, 4.69) is 39.2 Å². The van der Waals surface area contributed by atoms with E-state index in [9.17, 15) is 4.79 Å². The summed E-state index contributed by atoms with van der Waals surface area (Å²) in [6.45, 7) is 1.23. The second-order valence-electron chi connectivity index (χ2n) is 6.76. The molecule has 6 nitrogen and oxygen atoms in total. The molecule has 0 aliphatic rings. The molecule has 0 heterocycles. The van der Waals surface area contributed by atoms with Gasteiger partial charge >= 0.3 is 5.97 Å². The van der Waals surface area contributed by atoms with Gasteiger partial charge in [0.25, 0.3) is 0 Å². The van der Waals surface area contributed by atoms with E-state index in [1.165, 1.54) is 7.11 Å². The van der Waals surface area contributed by atoms with Crippen LogP contribution in [0.5, 0.6) is 5.75 Å². The Morgan fingerprint density at radius 2 is 1.62 bits per heavy atom. The molecule has 0 atom stereocenters.